The van der Waals surface area contributed by atoms with E-state index in [1.807, 2.05) is 0 Å². The molecule has 2 nitrogen and oxygen atoms in total. The second-order valence-corrected chi connectivity index (χ2v) is 5.56. The van der Waals surface area contributed by atoms with Gasteiger partial charge in [0.2, 0.25) is 0 Å². The minimum Gasteiger partial charge on any atom is -0.395 e. The molecule has 0 saturated heterocycles. The van der Waals surface area contributed by atoms with Gasteiger partial charge in [-0.1, -0.05) is 45.4 Å². The first-order valence-electron chi connectivity index (χ1n) is 7.79. The number of rotatable bonds is 14. The fourth-order valence-corrected chi connectivity index (χ4v) is 2.41. The van der Waals surface area contributed by atoms with E-state index in [-0.39, 0.29) is 0 Å². The molecule has 0 aliphatic heterocycles. The highest BCUT2D eigenvalue weighted by atomic mass is 32.1. The fourth-order valence-electron chi connectivity index (χ4n) is 2.19. The van der Waals surface area contributed by atoms with Crippen molar-refractivity contribution in [1.29, 1.82) is 0 Å². The Kier molecular flexibility index (Phi) is 15.6. The first kappa shape index (κ1) is 18.3. The van der Waals surface area contributed by atoms with Crippen molar-refractivity contribution in [2.75, 3.05) is 32.0 Å². The Morgan fingerprint density at radius 3 is 1.89 bits per heavy atom. The van der Waals surface area contributed by atoms with E-state index in [4.69, 9.17) is 5.11 Å². The number of unbranched alkanes of at least 4 members (excludes halogenated alkanes) is 7. The van der Waals surface area contributed by atoms with Crippen molar-refractivity contribution < 1.29 is 5.11 Å². The largest absolute Gasteiger partial charge is 0.395 e. The maximum absolute atomic E-state index is 9.01. The van der Waals surface area contributed by atoms with Crippen LogP contribution in [0.4, 0.5) is 0 Å². The molecule has 0 heterocycles. The lowest BCUT2D eigenvalue weighted by molar-refractivity contribution is 0.191. The van der Waals surface area contributed by atoms with E-state index >= 15 is 0 Å². The number of hydrogen-bond acceptors (Lipinski definition) is 3. The second kappa shape index (κ2) is 15.3. The van der Waals surface area contributed by atoms with Crippen LogP contribution >= 0.6 is 12.6 Å². The average Bonchev–Trinajstić information content (AvgIpc) is 2.39. The maximum Gasteiger partial charge on any atom is 0.0558 e. The molecule has 0 aliphatic rings. The van der Waals surface area contributed by atoms with E-state index < -0.39 is 0 Å². The lowest BCUT2D eigenvalue weighted by Crippen LogP contribution is -2.29. The van der Waals surface area contributed by atoms with Crippen LogP contribution in [-0.2, 0) is 0 Å². The third-order valence-corrected chi connectivity index (χ3v) is 3.69. The van der Waals surface area contributed by atoms with E-state index in [2.05, 4.69) is 24.5 Å². The smallest absolute Gasteiger partial charge is 0.0558 e. The molecule has 0 atom stereocenters. The highest BCUT2D eigenvalue weighted by molar-refractivity contribution is 7.80. The number of aliphatic hydroxyl groups is 1. The van der Waals surface area contributed by atoms with Gasteiger partial charge in [-0.2, -0.15) is 12.6 Å². The van der Waals surface area contributed by atoms with Crippen molar-refractivity contribution >= 4 is 12.6 Å². The van der Waals surface area contributed by atoms with Gasteiger partial charge in [-0.25, -0.2) is 0 Å². The minimum absolute atomic E-state index is 0.299. The van der Waals surface area contributed by atoms with Gasteiger partial charge in [-0.15, -0.1) is 0 Å². The van der Waals surface area contributed by atoms with Crippen LogP contribution < -0.4 is 0 Å². The quantitative estimate of drug-likeness (QED) is 0.373. The Morgan fingerprint density at radius 2 is 1.33 bits per heavy atom. The molecule has 0 aromatic rings. The molecule has 0 aromatic heterocycles. The summed E-state index contributed by atoms with van der Waals surface area (Å²) >= 11 is 4.22. The average molecular weight is 276 g/mol. The molecule has 110 valence electrons. The maximum atomic E-state index is 9.01. The van der Waals surface area contributed by atoms with Gasteiger partial charge in [0.25, 0.3) is 0 Å². The molecule has 0 amide bonds. The monoisotopic (exact) mass is 275 g/mol. The van der Waals surface area contributed by atoms with Gasteiger partial charge in [0.05, 0.1) is 6.61 Å². The Bertz CT molecular complexity index is 155. The Morgan fingerprint density at radius 1 is 0.778 bits per heavy atom. The fraction of sp³-hybridized carbons (Fsp3) is 1.00. The highest BCUT2D eigenvalue weighted by Crippen LogP contribution is 2.08. The van der Waals surface area contributed by atoms with Crippen LogP contribution in [0.1, 0.15) is 64.7 Å². The summed E-state index contributed by atoms with van der Waals surface area (Å²) in [6, 6.07) is 0. The van der Waals surface area contributed by atoms with Crippen LogP contribution in [0.25, 0.3) is 0 Å². The summed E-state index contributed by atoms with van der Waals surface area (Å²) in [5.74, 6) is 1.04. The van der Waals surface area contributed by atoms with Gasteiger partial charge < -0.3 is 10.0 Å². The molecule has 0 aromatic carbocycles. The lowest BCUT2D eigenvalue weighted by Gasteiger charge is -2.20. The molecular weight excluding hydrogens is 242 g/mol. The zero-order valence-electron chi connectivity index (χ0n) is 12.2. The normalized spacial score (nSPS) is 11.3. The van der Waals surface area contributed by atoms with Gasteiger partial charge in [0, 0.05) is 6.54 Å². The molecule has 0 radical (unpaired) electrons. The first-order chi connectivity index (χ1) is 8.85. The number of hydrogen-bond donors (Lipinski definition) is 2. The number of thiol groups is 1. The predicted octanol–water partition coefficient (Wildman–Crippen LogP) is 3.74. The summed E-state index contributed by atoms with van der Waals surface area (Å²) in [5.41, 5.74) is 0. The van der Waals surface area contributed by atoms with Crippen molar-refractivity contribution in [3.63, 3.8) is 0 Å². The summed E-state index contributed by atoms with van der Waals surface area (Å²) in [4.78, 5) is 2.41. The summed E-state index contributed by atoms with van der Waals surface area (Å²) in [6.07, 6.45) is 11.9. The van der Waals surface area contributed by atoms with Gasteiger partial charge in [-0.05, 0) is 38.1 Å². The molecule has 0 rings (SSSR count). The molecule has 1 N–H and O–H groups in total. The van der Waals surface area contributed by atoms with Crippen molar-refractivity contribution in [3.05, 3.63) is 0 Å². The van der Waals surface area contributed by atoms with Crippen LogP contribution in [-0.4, -0.2) is 42.0 Å². The Labute approximate surface area is 120 Å². The summed E-state index contributed by atoms with van der Waals surface area (Å²) < 4.78 is 0. The number of aliphatic hydroxyl groups excluding tert-OH is 1. The lowest BCUT2D eigenvalue weighted by atomic mass is 10.1. The second-order valence-electron chi connectivity index (χ2n) is 5.12. The highest BCUT2D eigenvalue weighted by Gasteiger charge is 2.02. The minimum atomic E-state index is 0.299. The third-order valence-electron chi connectivity index (χ3n) is 3.38. The van der Waals surface area contributed by atoms with Crippen LogP contribution in [0.3, 0.4) is 0 Å². The molecule has 3 heteroatoms. The van der Waals surface area contributed by atoms with Crippen LogP contribution in [0.15, 0.2) is 0 Å². The standard InChI is InChI=1S/C15H33NOS/c1-2-3-11-16(13-14-17)12-9-7-5-4-6-8-10-15-18/h17-18H,2-15H2,1H3. The molecule has 0 aliphatic carbocycles. The molecule has 18 heavy (non-hydrogen) atoms. The zero-order valence-corrected chi connectivity index (χ0v) is 13.1. The molecule has 0 fully saturated rings. The molecule has 0 bridgehead atoms. The Hall–Kier alpha value is 0.270. The van der Waals surface area contributed by atoms with Crippen LogP contribution in [0, 0.1) is 0 Å². The summed E-state index contributed by atoms with van der Waals surface area (Å²) in [5, 5.41) is 9.01. The van der Waals surface area contributed by atoms with E-state index in [9.17, 15) is 0 Å². The van der Waals surface area contributed by atoms with Crippen molar-refractivity contribution in [2.24, 2.45) is 0 Å². The SMILES string of the molecule is CCCCN(CCO)CCCCCCCCCS. The number of nitrogens with zero attached hydrogens (tertiary/aromatic N) is 1. The predicted molar refractivity (Wildman–Crippen MR) is 84.6 cm³/mol. The first-order valence-corrected chi connectivity index (χ1v) is 8.42. The third kappa shape index (κ3) is 12.7. The van der Waals surface area contributed by atoms with E-state index in [0.717, 1.165) is 25.4 Å². The van der Waals surface area contributed by atoms with Gasteiger partial charge in [-0.3, -0.25) is 0 Å². The molecule has 0 unspecified atom stereocenters. The molecule has 0 saturated carbocycles. The summed E-state index contributed by atoms with van der Waals surface area (Å²) in [7, 11) is 0. The topological polar surface area (TPSA) is 23.5 Å². The van der Waals surface area contributed by atoms with Crippen LogP contribution in [0.2, 0.25) is 0 Å². The van der Waals surface area contributed by atoms with Crippen molar-refractivity contribution in [1.82, 2.24) is 4.90 Å². The van der Waals surface area contributed by atoms with Crippen molar-refractivity contribution in [3.8, 4) is 0 Å². The van der Waals surface area contributed by atoms with E-state index in [0.29, 0.717) is 6.61 Å². The van der Waals surface area contributed by atoms with Crippen molar-refractivity contribution in [2.45, 2.75) is 64.7 Å². The zero-order chi connectivity index (χ0) is 13.5. The molecule has 0 spiro atoms. The van der Waals surface area contributed by atoms with E-state index in [1.54, 1.807) is 0 Å². The van der Waals surface area contributed by atoms with E-state index in [1.165, 1.54) is 57.8 Å². The van der Waals surface area contributed by atoms with Gasteiger partial charge >= 0.3 is 0 Å². The summed E-state index contributed by atoms with van der Waals surface area (Å²) in [6.45, 7) is 5.69. The Balaban J connectivity index is 3.31. The van der Waals surface area contributed by atoms with Crippen LogP contribution in [0.5, 0.6) is 0 Å². The van der Waals surface area contributed by atoms with Gasteiger partial charge in [0.15, 0.2) is 0 Å². The molecular formula is C15H33NOS. The van der Waals surface area contributed by atoms with Gasteiger partial charge in [0.1, 0.15) is 0 Å².